The lowest BCUT2D eigenvalue weighted by Gasteiger charge is -2.40. The fourth-order valence-electron chi connectivity index (χ4n) is 4.15. The quantitative estimate of drug-likeness (QED) is 0.506. The number of nitrogens with zero attached hydrogens (tertiary/aromatic N) is 2. The fourth-order valence-corrected chi connectivity index (χ4v) is 4.15. The third-order valence-corrected chi connectivity index (χ3v) is 5.67. The molecule has 0 spiro atoms. The molecule has 1 heterocycles. The van der Waals surface area contributed by atoms with E-state index >= 15 is 0 Å². The average molecular weight is 437 g/mol. The summed E-state index contributed by atoms with van der Waals surface area (Å²) in [6.07, 6.45) is 3.36. The van der Waals surface area contributed by atoms with Crippen molar-refractivity contribution < 1.29 is 14.3 Å². The van der Waals surface area contributed by atoms with Gasteiger partial charge in [-0.2, -0.15) is 5.26 Å². The fraction of sp³-hybridized carbons (Fsp3) is 0.179. The van der Waals surface area contributed by atoms with Gasteiger partial charge in [0.05, 0.1) is 17.7 Å². The zero-order valence-electron chi connectivity index (χ0n) is 18.6. The topological polar surface area (TPSA) is 70.4 Å². The third kappa shape index (κ3) is 4.16. The highest BCUT2D eigenvalue weighted by Crippen LogP contribution is 2.40. The number of nitriles is 1. The molecule has 0 aromatic heterocycles. The van der Waals surface area contributed by atoms with Gasteiger partial charge >= 0.3 is 5.97 Å². The summed E-state index contributed by atoms with van der Waals surface area (Å²) >= 11 is 0. The predicted octanol–water partition coefficient (Wildman–Crippen LogP) is 5.34. The van der Waals surface area contributed by atoms with Crippen molar-refractivity contribution in [1.29, 1.82) is 5.26 Å². The first-order valence-electron chi connectivity index (χ1n) is 10.8. The Kier molecular flexibility index (Phi) is 6.10. The van der Waals surface area contributed by atoms with Crippen LogP contribution < -0.4 is 0 Å². The van der Waals surface area contributed by atoms with Gasteiger partial charge in [-0.25, -0.2) is 4.79 Å². The number of rotatable bonds is 5. The van der Waals surface area contributed by atoms with E-state index in [0.29, 0.717) is 22.3 Å². The smallest absolute Gasteiger partial charge is 0.338 e. The van der Waals surface area contributed by atoms with Gasteiger partial charge in [0.2, 0.25) is 0 Å². The highest BCUT2D eigenvalue weighted by molar-refractivity contribution is 5.97. The normalized spacial score (nSPS) is 16.7. The number of hydrogen-bond acceptors (Lipinski definition) is 4. The van der Waals surface area contributed by atoms with Crippen LogP contribution in [-0.4, -0.2) is 22.9 Å². The minimum atomic E-state index is -1.34. The van der Waals surface area contributed by atoms with Crippen LogP contribution in [0.2, 0.25) is 0 Å². The van der Waals surface area contributed by atoms with Crippen LogP contribution in [0.1, 0.15) is 51.3 Å². The van der Waals surface area contributed by atoms with Crippen LogP contribution in [0.15, 0.2) is 85.1 Å². The minimum absolute atomic E-state index is 0.132. The number of benzene rings is 3. The summed E-state index contributed by atoms with van der Waals surface area (Å²) in [7, 11) is 0. The third-order valence-electron chi connectivity index (χ3n) is 5.67. The summed E-state index contributed by atoms with van der Waals surface area (Å²) in [5.74, 6) is -0.737. The van der Waals surface area contributed by atoms with E-state index in [-0.39, 0.29) is 18.4 Å². The molecule has 0 saturated carbocycles. The molecule has 0 bridgehead atoms. The maximum absolute atomic E-state index is 13.6. The van der Waals surface area contributed by atoms with Crippen molar-refractivity contribution in [2.24, 2.45) is 0 Å². The maximum Gasteiger partial charge on any atom is 0.338 e. The zero-order chi connectivity index (χ0) is 23.4. The summed E-state index contributed by atoms with van der Waals surface area (Å²) in [6.45, 7) is 3.58. The average Bonchev–Trinajstić information content (AvgIpc) is 2.84. The van der Waals surface area contributed by atoms with Gasteiger partial charge in [0, 0.05) is 18.2 Å². The Bertz CT molecular complexity index is 1260. The van der Waals surface area contributed by atoms with Gasteiger partial charge in [-0.05, 0) is 54.8 Å². The number of hydrogen-bond donors (Lipinski definition) is 0. The Balaban J connectivity index is 1.85. The van der Waals surface area contributed by atoms with E-state index in [1.165, 1.54) is 4.90 Å². The zero-order valence-corrected chi connectivity index (χ0v) is 18.6. The molecule has 5 heteroatoms. The molecule has 1 aliphatic heterocycles. The summed E-state index contributed by atoms with van der Waals surface area (Å²) in [5.41, 5.74) is 1.74. The molecule has 0 saturated heterocycles. The Labute approximate surface area is 193 Å². The highest BCUT2D eigenvalue weighted by atomic mass is 16.5. The molecule has 1 amide bonds. The Hall–Kier alpha value is -4.17. The van der Waals surface area contributed by atoms with E-state index in [1.807, 2.05) is 48.5 Å². The molecule has 3 aromatic rings. The second-order valence-corrected chi connectivity index (χ2v) is 8.20. The summed E-state index contributed by atoms with van der Waals surface area (Å²) < 4.78 is 5.43. The second kappa shape index (κ2) is 9.13. The van der Waals surface area contributed by atoms with Crippen molar-refractivity contribution in [3.05, 3.63) is 113 Å². The molecule has 0 radical (unpaired) electrons. The first-order valence-corrected chi connectivity index (χ1v) is 10.8. The van der Waals surface area contributed by atoms with Crippen LogP contribution in [0, 0.1) is 11.3 Å². The predicted molar refractivity (Wildman–Crippen MR) is 126 cm³/mol. The molecule has 0 N–H and O–H groups in total. The van der Waals surface area contributed by atoms with Crippen LogP contribution >= 0.6 is 0 Å². The number of carbonyl (C=O) groups is 2. The van der Waals surface area contributed by atoms with Crippen LogP contribution in [0.5, 0.6) is 0 Å². The van der Waals surface area contributed by atoms with Crippen molar-refractivity contribution >= 4 is 18.0 Å². The Morgan fingerprint density at radius 3 is 2.36 bits per heavy atom. The van der Waals surface area contributed by atoms with Crippen molar-refractivity contribution in [3.63, 3.8) is 0 Å². The van der Waals surface area contributed by atoms with Crippen molar-refractivity contribution in [2.45, 2.75) is 31.9 Å². The first-order chi connectivity index (χ1) is 16.0. The van der Waals surface area contributed by atoms with Gasteiger partial charge in [-0.3, -0.25) is 9.69 Å². The van der Waals surface area contributed by atoms with Crippen LogP contribution in [0.4, 0.5) is 0 Å². The van der Waals surface area contributed by atoms with Gasteiger partial charge in [0.1, 0.15) is 0 Å². The van der Waals surface area contributed by atoms with Crippen molar-refractivity contribution in [2.75, 3.05) is 0 Å². The molecule has 1 atom stereocenters. The lowest BCUT2D eigenvalue weighted by molar-refractivity contribution is 0.0376. The van der Waals surface area contributed by atoms with Crippen LogP contribution in [0.25, 0.3) is 6.08 Å². The first kappa shape index (κ1) is 22.0. The molecular weight excluding hydrogens is 412 g/mol. The molecule has 1 unspecified atom stereocenters. The van der Waals surface area contributed by atoms with Crippen molar-refractivity contribution in [3.8, 4) is 6.07 Å². The number of fused-ring (bicyclic) bond motifs is 1. The van der Waals surface area contributed by atoms with Gasteiger partial charge < -0.3 is 4.74 Å². The number of amides is 1. The molecule has 4 rings (SSSR count). The summed E-state index contributed by atoms with van der Waals surface area (Å²) in [5, 5.41) is 10.6. The summed E-state index contributed by atoms with van der Waals surface area (Å²) in [4.78, 5) is 27.8. The van der Waals surface area contributed by atoms with E-state index in [1.54, 1.807) is 56.4 Å². The Morgan fingerprint density at radius 1 is 0.970 bits per heavy atom. The van der Waals surface area contributed by atoms with Crippen LogP contribution in [-0.2, 0) is 16.7 Å². The van der Waals surface area contributed by atoms with E-state index in [4.69, 9.17) is 4.74 Å². The lowest BCUT2D eigenvalue weighted by Crippen LogP contribution is -2.49. The molecule has 0 fully saturated rings. The molecule has 5 nitrogen and oxygen atoms in total. The monoisotopic (exact) mass is 436 g/mol. The van der Waals surface area contributed by atoms with Gasteiger partial charge in [0.15, 0.2) is 5.54 Å². The van der Waals surface area contributed by atoms with Crippen LogP contribution in [0.3, 0.4) is 0 Å². The number of esters is 1. The SMILES string of the molecule is CC(C)OC(=O)c1ccccc1CC1(C#N)c2ccccc2C=CN1C(=O)c1ccccc1. The van der Waals surface area contributed by atoms with E-state index in [0.717, 1.165) is 5.56 Å². The number of carbonyl (C=O) groups excluding carboxylic acids is 2. The maximum atomic E-state index is 13.6. The molecular formula is C28H24N2O3. The minimum Gasteiger partial charge on any atom is -0.459 e. The standard InChI is InChI=1S/C28H24N2O3/c1-20(2)33-27(32)24-14-8-6-13-23(24)18-28(19-29)25-15-9-7-10-21(25)16-17-30(28)26(31)22-11-4-3-5-12-22/h3-17,20H,18H2,1-2H3. The highest BCUT2D eigenvalue weighted by Gasteiger charge is 2.45. The van der Waals surface area contributed by atoms with Gasteiger partial charge in [-0.1, -0.05) is 60.7 Å². The second-order valence-electron chi connectivity index (χ2n) is 8.20. The molecule has 3 aromatic carbocycles. The number of ether oxygens (including phenoxy) is 1. The molecule has 33 heavy (non-hydrogen) atoms. The van der Waals surface area contributed by atoms with Crippen molar-refractivity contribution in [1.82, 2.24) is 4.90 Å². The van der Waals surface area contributed by atoms with E-state index in [9.17, 15) is 14.9 Å². The largest absolute Gasteiger partial charge is 0.459 e. The van der Waals surface area contributed by atoms with E-state index in [2.05, 4.69) is 6.07 Å². The summed E-state index contributed by atoms with van der Waals surface area (Å²) in [6, 6.07) is 25.9. The Morgan fingerprint density at radius 2 is 1.64 bits per heavy atom. The molecule has 164 valence electrons. The molecule has 0 aliphatic carbocycles. The lowest BCUT2D eigenvalue weighted by atomic mass is 9.78. The van der Waals surface area contributed by atoms with Gasteiger partial charge in [-0.15, -0.1) is 0 Å². The molecule has 1 aliphatic rings. The van der Waals surface area contributed by atoms with E-state index < -0.39 is 11.5 Å². The van der Waals surface area contributed by atoms with Gasteiger partial charge in [0.25, 0.3) is 5.91 Å².